The van der Waals surface area contributed by atoms with E-state index in [0.29, 0.717) is 6.61 Å². The number of aliphatic hydroxyl groups is 3. The van der Waals surface area contributed by atoms with Gasteiger partial charge in [0.2, 0.25) is 0 Å². The summed E-state index contributed by atoms with van der Waals surface area (Å²) >= 11 is 0. The van der Waals surface area contributed by atoms with Gasteiger partial charge in [0, 0.05) is 13.5 Å². The zero-order valence-corrected chi connectivity index (χ0v) is 32.4. The Morgan fingerprint density at radius 3 is 1.73 bits per heavy atom. The number of carbonyl (C=O) groups is 1. The van der Waals surface area contributed by atoms with Crippen molar-refractivity contribution in [2.75, 3.05) is 26.4 Å². The molecule has 0 amide bonds. The van der Waals surface area contributed by atoms with Crippen LogP contribution in [-0.4, -0.2) is 97.5 Å². The molecule has 52 heavy (non-hydrogen) atoms. The molecule has 1 fully saturated rings. The number of esters is 1. The van der Waals surface area contributed by atoms with Crippen LogP contribution in [-0.2, 0) is 38.3 Å². The highest BCUT2D eigenvalue weighted by atomic mass is 32.3. The number of rotatable bonds is 32. The molecule has 302 valence electrons. The summed E-state index contributed by atoms with van der Waals surface area (Å²) in [5, 5.41) is 30.0. The predicted molar refractivity (Wildman–Crippen MR) is 202 cm³/mol. The van der Waals surface area contributed by atoms with Crippen molar-refractivity contribution in [1.82, 2.24) is 0 Å². The van der Waals surface area contributed by atoms with E-state index < -0.39 is 59.8 Å². The minimum Gasteiger partial charge on any atom is -0.458 e. The Labute approximate surface area is 313 Å². The summed E-state index contributed by atoms with van der Waals surface area (Å²) in [6.45, 7) is 2.83. The summed E-state index contributed by atoms with van der Waals surface area (Å²) in [5.74, 6) is -0.577. The fraction of sp³-hybridized carbons (Fsp3) is 0.769. The van der Waals surface area contributed by atoms with Crippen molar-refractivity contribution in [3.63, 3.8) is 0 Å². The maximum atomic E-state index is 11.6. The third-order valence-electron chi connectivity index (χ3n) is 8.52. The molecule has 1 aliphatic heterocycles. The topological polar surface area (TPSA) is 178 Å². The summed E-state index contributed by atoms with van der Waals surface area (Å²) in [7, 11) is -5.04. The van der Waals surface area contributed by atoms with E-state index in [2.05, 4.69) is 59.7 Å². The molecular weight excluding hydrogens is 692 g/mol. The highest BCUT2D eigenvalue weighted by Crippen LogP contribution is 2.26. The summed E-state index contributed by atoms with van der Waals surface area (Å²) in [4.78, 5) is 11.6. The van der Waals surface area contributed by atoms with Gasteiger partial charge in [-0.05, 0) is 44.9 Å². The lowest BCUT2D eigenvalue weighted by Gasteiger charge is -2.41. The van der Waals surface area contributed by atoms with E-state index in [-0.39, 0.29) is 13.2 Å². The van der Waals surface area contributed by atoms with E-state index >= 15 is 0 Å². The Kier molecular flexibility index (Phi) is 29.0. The van der Waals surface area contributed by atoms with Crippen LogP contribution in [0.25, 0.3) is 0 Å². The van der Waals surface area contributed by atoms with Crippen LogP contribution in [0.1, 0.15) is 129 Å². The second-order valence-corrected chi connectivity index (χ2v) is 14.3. The number of carbonyl (C=O) groups excluding carboxylic acids is 1. The van der Waals surface area contributed by atoms with E-state index in [9.17, 15) is 28.5 Å². The molecule has 0 aliphatic carbocycles. The molecule has 1 heterocycles. The summed E-state index contributed by atoms with van der Waals surface area (Å²) in [5.41, 5.74) is 0. The van der Waals surface area contributed by atoms with Gasteiger partial charge in [0.1, 0.15) is 30.5 Å². The average Bonchev–Trinajstić information content (AvgIpc) is 3.10. The Hall–Kier alpha value is -1.94. The molecule has 13 heteroatoms. The predicted octanol–water partition coefficient (Wildman–Crippen LogP) is 6.84. The molecular formula is C39H68O12S. The first-order valence-electron chi connectivity index (χ1n) is 19.3. The average molecular weight is 761 g/mol. The Bertz CT molecular complexity index is 1110. The smallest absolute Gasteiger partial charge is 0.397 e. The first-order chi connectivity index (χ1) is 25.1. The van der Waals surface area contributed by atoms with Crippen molar-refractivity contribution in [2.24, 2.45) is 0 Å². The molecule has 0 aromatic heterocycles. The molecule has 0 radical (unpaired) electrons. The van der Waals surface area contributed by atoms with Crippen molar-refractivity contribution in [2.45, 2.75) is 166 Å². The maximum Gasteiger partial charge on any atom is 0.397 e. The normalized spacial score (nSPS) is 22.0. The van der Waals surface area contributed by atoms with Crippen molar-refractivity contribution in [1.29, 1.82) is 0 Å². The van der Waals surface area contributed by atoms with E-state index in [4.69, 9.17) is 23.5 Å². The van der Waals surface area contributed by atoms with Crippen LogP contribution in [0, 0.1) is 0 Å². The molecule has 0 saturated carbocycles. The van der Waals surface area contributed by atoms with Crippen molar-refractivity contribution < 1.29 is 56.2 Å². The second-order valence-electron chi connectivity index (χ2n) is 13.2. The minimum atomic E-state index is -5.04. The van der Waals surface area contributed by atoms with E-state index in [0.717, 1.165) is 44.9 Å². The molecule has 6 unspecified atom stereocenters. The largest absolute Gasteiger partial charge is 0.458 e. The first-order valence-corrected chi connectivity index (χ1v) is 20.7. The molecule has 0 spiro atoms. The lowest BCUT2D eigenvalue weighted by molar-refractivity contribution is -0.301. The molecule has 0 bridgehead atoms. The van der Waals surface area contributed by atoms with Crippen molar-refractivity contribution in [3.05, 3.63) is 48.6 Å². The van der Waals surface area contributed by atoms with Crippen LogP contribution >= 0.6 is 0 Å². The Balaban J connectivity index is 2.04. The van der Waals surface area contributed by atoms with Gasteiger partial charge < -0.3 is 34.3 Å². The van der Waals surface area contributed by atoms with Gasteiger partial charge >= 0.3 is 16.4 Å². The third-order valence-corrected chi connectivity index (χ3v) is 8.98. The first kappa shape index (κ1) is 48.1. The van der Waals surface area contributed by atoms with Crippen molar-refractivity contribution in [3.8, 4) is 0 Å². The van der Waals surface area contributed by atoms with E-state index in [1.54, 1.807) is 0 Å². The van der Waals surface area contributed by atoms with Gasteiger partial charge in [-0.1, -0.05) is 126 Å². The second kappa shape index (κ2) is 31.4. The molecule has 6 atom stereocenters. The highest BCUT2D eigenvalue weighted by Gasteiger charge is 2.48. The SMILES string of the molecule is CC/C=C\C/C=C\C/C=C\C/C=C\CCCCCCCCCCCCCCCOCC(COC1OC(CO)C(O)C(OS(=O)(=O)O)C1O)OC(C)=O. The summed E-state index contributed by atoms with van der Waals surface area (Å²) in [6.07, 6.45) is 29.9. The van der Waals surface area contributed by atoms with Gasteiger partial charge in [-0.3, -0.25) is 9.35 Å². The number of allylic oxidation sites excluding steroid dienone is 8. The van der Waals surface area contributed by atoms with Crippen LogP contribution in [0.15, 0.2) is 48.6 Å². The quantitative estimate of drug-likeness (QED) is 0.0243. The minimum absolute atomic E-state index is 0.0185. The molecule has 12 nitrogen and oxygen atoms in total. The number of hydrogen-bond acceptors (Lipinski definition) is 11. The molecule has 1 aliphatic rings. The summed E-state index contributed by atoms with van der Waals surface area (Å²) < 4.78 is 57.4. The van der Waals surface area contributed by atoms with Crippen LogP contribution in [0.4, 0.5) is 0 Å². The van der Waals surface area contributed by atoms with Crippen LogP contribution in [0.3, 0.4) is 0 Å². The molecule has 1 saturated heterocycles. The monoisotopic (exact) mass is 760 g/mol. The van der Waals surface area contributed by atoms with E-state index in [1.807, 2.05) is 0 Å². The maximum absolute atomic E-state index is 11.6. The van der Waals surface area contributed by atoms with Crippen LogP contribution in [0.5, 0.6) is 0 Å². The lowest BCUT2D eigenvalue weighted by atomic mass is 9.99. The standard InChI is InChI=1S/C39H68O12S/c1-3-4-5-6-7-8-9-10-11-12-13-14-15-16-17-18-19-20-21-22-23-24-25-26-27-28-29-47-31-34(49-33(2)41)32-48-39-37(43)38(51-52(44,45)46)36(42)35(30-40)50-39/h4-5,7-8,10-11,13-14,34-40,42-43H,3,6,9,12,15-32H2,1-2H3,(H,44,45,46)/b5-4-,8-7-,11-10-,14-13-. The zero-order valence-electron chi connectivity index (χ0n) is 31.6. The van der Waals surface area contributed by atoms with Crippen molar-refractivity contribution >= 4 is 16.4 Å². The van der Waals surface area contributed by atoms with Crippen LogP contribution in [0.2, 0.25) is 0 Å². The highest BCUT2D eigenvalue weighted by molar-refractivity contribution is 7.80. The third kappa shape index (κ3) is 25.9. The number of aliphatic hydroxyl groups excluding tert-OH is 3. The Morgan fingerprint density at radius 1 is 0.731 bits per heavy atom. The van der Waals surface area contributed by atoms with Gasteiger partial charge in [-0.15, -0.1) is 0 Å². The summed E-state index contributed by atoms with van der Waals surface area (Å²) in [6, 6.07) is 0. The number of hydrogen-bond donors (Lipinski definition) is 4. The van der Waals surface area contributed by atoms with Gasteiger partial charge in [0.25, 0.3) is 0 Å². The van der Waals surface area contributed by atoms with Crippen LogP contribution < -0.4 is 0 Å². The fourth-order valence-electron chi connectivity index (χ4n) is 5.72. The van der Waals surface area contributed by atoms with Gasteiger partial charge in [0.15, 0.2) is 6.29 Å². The number of unbranched alkanes of at least 4 members (excludes halogenated alkanes) is 13. The Morgan fingerprint density at radius 2 is 1.23 bits per heavy atom. The van der Waals surface area contributed by atoms with Gasteiger partial charge in [0.05, 0.1) is 19.8 Å². The molecule has 1 rings (SSSR count). The van der Waals surface area contributed by atoms with Gasteiger partial charge in [-0.2, -0.15) is 8.42 Å². The van der Waals surface area contributed by atoms with Gasteiger partial charge in [-0.25, -0.2) is 4.18 Å². The number of ether oxygens (including phenoxy) is 4. The molecule has 0 aromatic carbocycles. The molecule has 0 aromatic rings. The zero-order chi connectivity index (χ0) is 38.3. The molecule has 4 N–H and O–H groups in total. The van der Waals surface area contributed by atoms with E-state index in [1.165, 1.54) is 77.6 Å². The fourth-order valence-corrected chi connectivity index (χ4v) is 6.23. The lowest BCUT2D eigenvalue weighted by Crippen LogP contribution is -2.60.